The summed E-state index contributed by atoms with van der Waals surface area (Å²) < 4.78 is 0. The Morgan fingerprint density at radius 2 is 1.42 bits per heavy atom. The van der Waals surface area contributed by atoms with E-state index in [0.717, 1.165) is 0 Å². The summed E-state index contributed by atoms with van der Waals surface area (Å²) in [5, 5.41) is 9.60. The summed E-state index contributed by atoms with van der Waals surface area (Å²) in [5.41, 5.74) is 0.0694. The van der Waals surface area contributed by atoms with E-state index in [1.54, 1.807) is 0 Å². The second-order valence-corrected chi connectivity index (χ2v) is 7.57. The number of nitrogens with zero attached hydrogens (tertiary/aromatic N) is 3. The summed E-state index contributed by atoms with van der Waals surface area (Å²) >= 11 is 0. The molecule has 0 unspecified atom stereocenters. The Morgan fingerprint density at radius 1 is 0.846 bits per heavy atom. The molecule has 0 N–H and O–H groups in total. The third kappa shape index (κ3) is 5.69. The van der Waals surface area contributed by atoms with E-state index in [-0.39, 0.29) is 17.5 Å². The predicted molar refractivity (Wildman–Crippen MR) is 95.1 cm³/mol. The van der Waals surface area contributed by atoms with Crippen LogP contribution in [0.5, 0.6) is 11.9 Å². The standard InChI is InChI=1S/C19H23N3O4/c1-18(2,3)25-23-16-14(12-20)15(13-10-8-7-9-11-13)21-17(22-16)24-26-19(4,5)6/h7-11H,1-6H3. The minimum absolute atomic E-state index is 0.0382. The SMILES string of the molecule is CC(C)(C)OOc1nc(OOC(C)(C)C)c(C#N)c(-c2ccccc2)n1. The maximum absolute atomic E-state index is 9.60. The molecule has 0 saturated carbocycles. The Bertz CT molecular complexity index is 787. The fourth-order valence-corrected chi connectivity index (χ4v) is 1.75. The molecule has 7 nitrogen and oxygen atoms in total. The van der Waals surface area contributed by atoms with Gasteiger partial charge in [-0.15, -0.1) is 0 Å². The molecule has 0 atom stereocenters. The maximum Gasteiger partial charge on any atom is 0.357 e. The van der Waals surface area contributed by atoms with E-state index in [2.05, 4.69) is 16.0 Å². The highest BCUT2D eigenvalue weighted by atomic mass is 17.2. The van der Waals surface area contributed by atoms with Crippen molar-refractivity contribution in [1.82, 2.24) is 9.97 Å². The summed E-state index contributed by atoms with van der Waals surface area (Å²) in [6.45, 7) is 10.9. The molecule has 2 aromatic rings. The molecule has 1 heterocycles. The number of hydrogen-bond acceptors (Lipinski definition) is 7. The third-order valence-corrected chi connectivity index (χ3v) is 2.75. The van der Waals surface area contributed by atoms with E-state index >= 15 is 0 Å². The number of aromatic nitrogens is 2. The van der Waals surface area contributed by atoms with Crippen molar-refractivity contribution in [2.75, 3.05) is 0 Å². The molecule has 0 bridgehead atoms. The topological polar surface area (TPSA) is 86.5 Å². The number of rotatable bonds is 5. The highest BCUT2D eigenvalue weighted by Gasteiger charge is 2.23. The molecule has 0 radical (unpaired) electrons. The van der Waals surface area contributed by atoms with Gasteiger partial charge in [-0.2, -0.15) is 25.0 Å². The molecule has 0 aliphatic carbocycles. The summed E-state index contributed by atoms with van der Waals surface area (Å²) in [5.74, 6) is -0.0382. The molecular weight excluding hydrogens is 334 g/mol. The van der Waals surface area contributed by atoms with Crippen molar-refractivity contribution in [3.63, 3.8) is 0 Å². The Hall–Kier alpha value is -2.69. The second-order valence-electron chi connectivity index (χ2n) is 7.57. The minimum atomic E-state index is -0.590. The van der Waals surface area contributed by atoms with Crippen LogP contribution in [-0.4, -0.2) is 21.2 Å². The zero-order valence-corrected chi connectivity index (χ0v) is 15.9. The van der Waals surface area contributed by atoms with Crippen LogP contribution in [-0.2, 0) is 9.78 Å². The molecule has 0 fully saturated rings. The summed E-state index contributed by atoms with van der Waals surface area (Å²) in [4.78, 5) is 29.6. The van der Waals surface area contributed by atoms with Crippen LogP contribution in [0.4, 0.5) is 0 Å². The molecule has 1 aromatic heterocycles. The first-order valence-electron chi connectivity index (χ1n) is 8.18. The van der Waals surface area contributed by atoms with E-state index in [1.165, 1.54) is 0 Å². The van der Waals surface area contributed by atoms with Gasteiger partial charge in [0.15, 0.2) is 0 Å². The fraction of sp³-hybridized carbons (Fsp3) is 0.421. The molecule has 0 amide bonds. The van der Waals surface area contributed by atoms with E-state index in [1.807, 2.05) is 71.9 Å². The molecule has 0 saturated heterocycles. The first kappa shape index (κ1) is 19.6. The van der Waals surface area contributed by atoms with Crippen LogP contribution >= 0.6 is 0 Å². The average molecular weight is 357 g/mol. The Morgan fingerprint density at radius 3 is 1.96 bits per heavy atom. The van der Waals surface area contributed by atoms with Crippen LogP contribution in [0.25, 0.3) is 11.3 Å². The largest absolute Gasteiger partial charge is 0.357 e. The van der Waals surface area contributed by atoms with Crippen molar-refractivity contribution in [1.29, 1.82) is 5.26 Å². The first-order chi connectivity index (χ1) is 12.1. The number of hydrogen-bond donors (Lipinski definition) is 0. The van der Waals surface area contributed by atoms with E-state index in [9.17, 15) is 5.26 Å². The smallest absolute Gasteiger partial charge is 0.315 e. The van der Waals surface area contributed by atoms with Crippen LogP contribution in [0.2, 0.25) is 0 Å². The van der Waals surface area contributed by atoms with E-state index in [4.69, 9.17) is 19.6 Å². The Balaban J connectivity index is 2.49. The average Bonchev–Trinajstić information content (AvgIpc) is 2.57. The van der Waals surface area contributed by atoms with Gasteiger partial charge in [0.05, 0.1) is 5.69 Å². The van der Waals surface area contributed by atoms with Crippen LogP contribution in [0.15, 0.2) is 30.3 Å². The maximum atomic E-state index is 9.60. The summed E-state index contributed by atoms with van der Waals surface area (Å²) in [6, 6.07) is 11.2. The third-order valence-electron chi connectivity index (χ3n) is 2.75. The van der Waals surface area contributed by atoms with Gasteiger partial charge >= 0.3 is 6.01 Å². The molecule has 0 spiro atoms. The lowest BCUT2D eigenvalue weighted by Crippen LogP contribution is -2.23. The molecule has 7 heteroatoms. The molecule has 26 heavy (non-hydrogen) atoms. The number of benzene rings is 1. The highest BCUT2D eigenvalue weighted by Crippen LogP contribution is 2.30. The lowest BCUT2D eigenvalue weighted by Gasteiger charge is -2.19. The summed E-state index contributed by atoms with van der Waals surface area (Å²) in [7, 11) is 0. The van der Waals surface area contributed by atoms with Crippen LogP contribution in [0, 0.1) is 11.3 Å². The van der Waals surface area contributed by atoms with Gasteiger partial charge in [0.1, 0.15) is 22.8 Å². The lowest BCUT2D eigenvalue weighted by molar-refractivity contribution is -0.285. The normalized spacial score (nSPS) is 11.7. The highest BCUT2D eigenvalue weighted by molar-refractivity contribution is 5.69. The molecule has 2 rings (SSSR count). The van der Waals surface area contributed by atoms with Crippen molar-refractivity contribution >= 4 is 0 Å². The van der Waals surface area contributed by atoms with Crippen molar-refractivity contribution in [2.24, 2.45) is 0 Å². The van der Waals surface area contributed by atoms with E-state index in [0.29, 0.717) is 11.3 Å². The van der Waals surface area contributed by atoms with Crippen molar-refractivity contribution in [2.45, 2.75) is 52.7 Å². The molecule has 1 aromatic carbocycles. The van der Waals surface area contributed by atoms with Gasteiger partial charge in [0.25, 0.3) is 5.88 Å². The van der Waals surface area contributed by atoms with Crippen LogP contribution < -0.4 is 9.78 Å². The van der Waals surface area contributed by atoms with Gasteiger partial charge in [-0.3, -0.25) is 4.89 Å². The van der Waals surface area contributed by atoms with Crippen molar-refractivity contribution < 1.29 is 19.6 Å². The van der Waals surface area contributed by atoms with Gasteiger partial charge < -0.3 is 4.89 Å². The second kappa shape index (κ2) is 7.68. The quantitative estimate of drug-likeness (QED) is 0.584. The zero-order valence-electron chi connectivity index (χ0n) is 15.9. The van der Waals surface area contributed by atoms with Gasteiger partial charge in [-0.1, -0.05) is 30.3 Å². The van der Waals surface area contributed by atoms with Crippen LogP contribution in [0.3, 0.4) is 0 Å². The molecular formula is C19H23N3O4. The fourth-order valence-electron chi connectivity index (χ4n) is 1.75. The van der Waals surface area contributed by atoms with Gasteiger partial charge in [0.2, 0.25) is 0 Å². The van der Waals surface area contributed by atoms with Gasteiger partial charge in [0, 0.05) is 5.56 Å². The van der Waals surface area contributed by atoms with Gasteiger partial charge in [-0.05, 0) is 41.5 Å². The Labute approximate surface area is 153 Å². The van der Waals surface area contributed by atoms with E-state index < -0.39 is 11.2 Å². The van der Waals surface area contributed by atoms with Crippen molar-refractivity contribution in [3.8, 4) is 29.2 Å². The molecule has 138 valence electrons. The van der Waals surface area contributed by atoms with Gasteiger partial charge in [-0.25, -0.2) is 0 Å². The monoisotopic (exact) mass is 357 g/mol. The lowest BCUT2D eigenvalue weighted by atomic mass is 10.1. The van der Waals surface area contributed by atoms with Crippen LogP contribution in [0.1, 0.15) is 47.1 Å². The summed E-state index contributed by atoms with van der Waals surface area (Å²) in [6.07, 6.45) is 0. The first-order valence-corrected chi connectivity index (χ1v) is 8.18. The Kier molecular flexibility index (Phi) is 5.80. The zero-order chi connectivity index (χ0) is 19.4. The van der Waals surface area contributed by atoms with Crippen molar-refractivity contribution in [3.05, 3.63) is 35.9 Å². The number of nitriles is 1. The molecule has 0 aliphatic rings. The minimum Gasteiger partial charge on any atom is -0.315 e. The predicted octanol–water partition coefficient (Wildman–Crippen LogP) is 4.23. The molecule has 0 aliphatic heterocycles.